The molecular formula is C12H14N2O. The van der Waals surface area contributed by atoms with E-state index in [4.69, 9.17) is 4.52 Å². The minimum atomic E-state index is 0.683. The van der Waals surface area contributed by atoms with E-state index in [9.17, 15) is 0 Å². The van der Waals surface area contributed by atoms with Crippen LogP contribution in [0.2, 0.25) is 0 Å². The van der Waals surface area contributed by atoms with Gasteiger partial charge in [-0.25, -0.2) is 0 Å². The van der Waals surface area contributed by atoms with Gasteiger partial charge in [-0.2, -0.15) is 4.98 Å². The first-order valence-corrected chi connectivity index (χ1v) is 5.19. The van der Waals surface area contributed by atoms with Crippen molar-refractivity contribution in [2.24, 2.45) is 0 Å². The number of nitrogens with zero attached hydrogens (tertiary/aromatic N) is 2. The summed E-state index contributed by atoms with van der Waals surface area (Å²) < 4.78 is 5.14. The van der Waals surface area contributed by atoms with E-state index >= 15 is 0 Å². The molecule has 0 fully saturated rings. The first-order valence-electron chi connectivity index (χ1n) is 5.19. The van der Waals surface area contributed by atoms with Gasteiger partial charge in [-0.05, 0) is 19.4 Å². The molecule has 0 amide bonds. The molecule has 0 radical (unpaired) electrons. The molecule has 0 saturated carbocycles. The molecule has 3 nitrogen and oxygen atoms in total. The highest BCUT2D eigenvalue weighted by atomic mass is 16.5. The standard InChI is InChI=1S/C12H14N2O/c1-3-5-11-13-12(14-15-11)10-7-4-6-9(2)8-10/h4,6-8H,3,5H2,1-2H3. The van der Waals surface area contributed by atoms with Crippen molar-refractivity contribution in [1.29, 1.82) is 0 Å². The largest absolute Gasteiger partial charge is 0.339 e. The lowest BCUT2D eigenvalue weighted by atomic mass is 10.1. The number of hydrogen-bond acceptors (Lipinski definition) is 3. The lowest BCUT2D eigenvalue weighted by Gasteiger charge is -1.94. The van der Waals surface area contributed by atoms with Crippen LogP contribution in [-0.4, -0.2) is 10.1 Å². The van der Waals surface area contributed by atoms with Crippen LogP contribution in [-0.2, 0) is 6.42 Å². The fourth-order valence-corrected chi connectivity index (χ4v) is 1.47. The molecule has 3 heteroatoms. The van der Waals surface area contributed by atoms with Crippen LogP contribution in [0, 0.1) is 6.92 Å². The Kier molecular flexibility index (Phi) is 2.81. The topological polar surface area (TPSA) is 38.9 Å². The maximum absolute atomic E-state index is 5.14. The second-order valence-corrected chi connectivity index (χ2v) is 3.63. The van der Waals surface area contributed by atoms with Crippen molar-refractivity contribution in [2.45, 2.75) is 26.7 Å². The molecule has 0 aliphatic rings. The van der Waals surface area contributed by atoms with Crippen LogP contribution in [0.4, 0.5) is 0 Å². The summed E-state index contributed by atoms with van der Waals surface area (Å²) in [5.41, 5.74) is 2.22. The Hall–Kier alpha value is -1.64. The molecule has 1 aromatic carbocycles. The molecule has 0 unspecified atom stereocenters. The van der Waals surface area contributed by atoms with Gasteiger partial charge in [0.15, 0.2) is 0 Å². The van der Waals surface area contributed by atoms with Crippen LogP contribution in [0.15, 0.2) is 28.8 Å². The summed E-state index contributed by atoms with van der Waals surface area (Å²) >= 11 is 0. The third kappa shape index (κ3) is 2.24. The van der Waals surface area contributed by atoms with Gasteiger partial charge in [0, 0.05) is 12.0 Å². The summed E-state index contributed by atoms with van der Waals surface area (Å²) in [6.45, 7) is 4.15. The first kappa shape index (κ1) is 9.90. The minimum absolute atomic E-state index is 0.683. The maximum atomic E-state index is 5.14. The van der Waals surface area contributed by atoms with E-state index in [0.717, 1.165) is 18.4 Å². The summed E-state index contributed by atoms with van der Waals surface area (Å²) in [5.74, 6) is 1.40. The highest BCUT2D eigenvalue weighted by Crippen LogP contribution is 2.17. The summed E-state index contributed by atoms with van der Waals surface area (Å²) in [7, 11) is 0. The average molecular weight is 202 g/mol. The predicted octanol–water partition coefficient (Wildman–Crippen LogP) is 3.00. The molecule has 2 rings (SSSR count). The first-order chi connectivity index (χ1) is 7.29. The number of hydrogen-bond donors (Lipinski definition) is 0. The Morgan fingerprint density at radius 3 is 2.93 bits per heavy atom. The predicted molar refractivity (Wildman–Crippen MR) is 58.5 cm³/mol. The molecule has 0 aliphatic heterocycles. The van der Waals surface area contributed by atoms with Gasteiger partial charge >= 0.3 is 0 Å². The number of rotatable bonds is 3. The Morgan fingerprint density at radius 1 is 1.33 bits per heavy atom. The van der Waals surface area contributed by atoms with Crippen LogP contribution < -0.4 is 0 Å². The fourth-order valence-electron chi connectivity index (χ4n) is 1.47. The van der Waals surface area contributed by atoms with Crippen molar-refractivity contribution in [3.8, 4) is 11.4 Å². The van der Waals surface area contributed by atoms with Crippen LogP contribution in [0.1, 0.15) is 24.8 Å². The number of benzene rings is 1. The van der Waals surface area contributed by atoms with Crippen LogP contribution in [0.3, 0.4) is 0 Å². The van der Waals surface area contributed by atoms with E-state index in [1.54, 1.807) is 0 Å². The normalized spacial score (nSPS) is 10.5. The second kappa shape index (κ2) is 4.26. The highest BCUT2D eigenvalue weighted by molar-refractivity contribution is 5.55. The van der Waals surface area contributed by atoms with Gasteiger partial charge in [0.25, 0.3) is 0 Å². The van der Waals surface area contributed by atoms with E-state index in [1.807, 2.05) is 12.1 Å². The average Bonchev–Trinajstić information content (AvgIpc) is 2.67. The Balaban J connectivity index is 2.29. The van der Waals surface area contributed by atoms with Crippen molar-refractivity contribution in [2.75, 3.05) is 0 Å². The molecule has 2 aromatic rings. The quantitative estimate of drug-likeness (QED) is 0.768. The molecule has 15 heavy (non-hydrogen) atoms. The second-order valence-electron chi connectivity index (χ2n) is 3.63. The van der Waals surface area contributed by atoms with E-state index in [1.165, 1.54) is 5.56 Å². The van der Waals surface area contributed by atoms with E-state index in [2.05, 4.69) is 36.1 Å². The lowest BCUT2D eigenvalue weighted by Crippen LogP contribution is -1.84. The summed E-state index contributed by atoms with van der Waals surface area (Å²) in [6, 6.07) is 8.10. The molecule has 0 saturated heterocycles. The van der Waals surface area contributed by atoms with Crippen LogP contribution in [0.25, 0.3) is 11.4 Å². The SMILES string of the molecule is CCCc1nc(-c2cccc(C)c2)no1. The van der Waals surface area contributed by atoms with Crippen molar-refractivity contribution in [1.82, 2.24) is 10.1 Å². The molecular weight excluding hydrogens is 188 g/mol. The van der Waals surface area contributed by atoms with Crippen LogP contribution in [0.5, 0.6) is 0 Å². The molecule has 78 valence electrons. The van der Waals surface area contributed by atoms with Crippen molar-refractivity contribution in [3.63, 3.8) is 0 Å². The Labute approximate surface area is 89.1 Å². The van der Waals surface area contributed by atoms with E-state index in [-0.39, 0.29) is 0 Å². The molecule has 1 aromatic heterocycles. The van der Waals surface area contributed by atoms with Gasteiger partial charge in [-0.1, -0.05) is 35.8 Å². The van der Waals surface area contributed by atoms with Gasteiger partial charge in [0.05, 0.1) is 0 Å². The minimum Gasteiger partial charge on any atom is -0.339 e. The third-order valence-corrected chi connectivity index (χ3v) is 2.21. The Morgan fingerprint density at radius 2 is 2.20 bits per heavy atom. The zero-order valence-corrected chi connectivity index (χ0v) is 9.03. The number of aryl methyl sites for hydroxylation is 2. The zero-order chi connectivity index (χ0) is 10.7. The van der Waals surface area contributed by atoms with Crippen molar-refractivity contribution >= 4 is 0 Å². The fraction of sp³-hybridized carbons (Fsp3) is 0.333. The van der Waals surface area contributed by atoms with Crippen LogP contribution >= 0.6 is 0 Å². The number of aromatic nitrogens is 2. The highest BCUT2D eigenvalue weighted by Gasteiger charge is 2.07. The molecule has 0 atom stereocenters. The van der Waals surface area contributed by atoms with Gasteiger partial charge in [0.1, 0.15) is 0 Å². The summed E-state index contributed by atoms with van der Waals surface area (Å²) in [5, 5.41) is 3.96. The van der Waals surface area contributed by atoms with Gasteiger partial charge in [0.2, 0.25) is 11.7 Å². The smallest absolute Gasteiger partial charge is 0.226 e. The van der Waals surface area contributed by atoms with Gasteiger partial charge in [-0.15, -0.1) is 0 Å². The van der Waals surface area contributed by atoms with Gasteiger partial charge in [-0.3, -0.25) is 0 Å². The molecule has 0 spiro atoms. The maximum Gasteiger partial charge on any atom is 0.226 e. The molecule has 0 N–H and O–H groups in total. The molecule has 1 heterocycles. The van der Waals surface area contributed by atoms with Crippen molar-refractivity contribution in [3.05, 3.63) is 35.7 Å². The third-order valence-electron chi connectivity index (χ3n) is 2.21. The molecule has 0 aliphatic carbocycles. The van der Waals surface area contributed by atoms with E-state index < -0.39 is 0 Å². The summed E-state index contributed by atoms with van der Waals surface area (Å²) in [6.07, 6.45) is 1.87. The lowest BCUT2D eigenvalue weighted by molar-refractivity contribution is 0.378. The van der Waals surface area contributed by atoms with Crippen molar-refractivity contribution < 1.29 is 4.52 Å². The molecule has 0 bridgehead atoms. The summed E-state index contributed by atoms with van der Waals surface area (Å²) in [4.78, 5) is 4.33. The monoisotopic (exact) mass is 202 g/mol. The van der Waals surface area contributed by atoms with Gasteiger partial charge < -0.3 is 4.52 Å². The Bertz CT molecular complexity index is 448. The van der Waals surface area contributed by atoms with E-state index in [0.29, 0.717) is 11.7 Å². The zero-order valence-electron chi connectivity index (χ0n) is 9.03.